The second kappa shape index (κ2) is 11.4. The number of imide groups is 1. The Kier molecular flexibility index (Phi) is 7.97. The van der Waals surface area contributed by atoms with Crippen molar-refractivity contribution in [3.63, 3.8) is 0 Å². The van der Waals surface area contributed by atoms with Gasteiger partial charge < -0.3 is 14.0 Å². The van der Waals surface area contributed by atoms with E-state index in [1.54, 1.807) is 6.07 Å². The van der Waals surface area contributed by atoms with Gasteiger partial charge in [0.05, 0.1) is 16.7 Å². The predicted octanol–water partition coefficient (Wildman–Crippen LogP) is 8.63. The number of aryl methyl sites for hydroxylation is 2. The van der Waals surface area contributed by atoms with Crippen LogP contribution in [-0.2, 0) is 32.4 Å². The minimum atomic E-state index is -1.93. The highest BCUT2D eigenvalue weighted by Gasteiger charge is 2.45. The molecule has 0 radical (unpaired) electrons. The minimum absolute atomic E-state index is 0.197. The molecule has 2 aromatic carbocycles. The molecule has 0 bridgehead atoms. The lowest BCUT2D eigenvalue weighted by Crippen LogP contribution is -2.48. The van der Waals surface area contributed by atoms with Crippen LogP contribution in [-0.4, -0.2) is 36.3 Å². The van der Waals surface area contributed by atoms with Crippen LogP contribution in [0.15, 0.2) is 42.7 Å². The smallest absolute Gasteiger partial charge is 0.259 e. The van der Waals surface area contributed by atoms with Gasteiger partial charge in [-0.3, -0.25) is 14.9 Å². The molecule has 2 aromatic heterocycles. The van der Waals surface area contributed by atoms with Gasteiger partial charge in [-0.15, -0.1) is 0 Å². The zero-order valence-corrected chi connectivity index (χ0v) is 28.9. The third-order valence-electron chi connectivity index (χ3n) is 10.6. The average Bonchev–Trinajstić information content (AvgIpc) is 3.63. The normalized spacial score (nSPS) is 16.8. The quantitative estimate of drug-likeness (QED) is 0.105. The predicted molar refractivity (Wildman–Crippen MR) is 183 cm³/mol. The van der Waals surface area contributed by atoms with E-state index in [9.17, 15) is 9.59 Å². The van der Waals surface area contributed by atoms with Crippen molar-refractivity contribution in [1.29, 1.82) is 0 Å². The summed E-state index contributed by atoms with van der Waals surface area (Å²) in [6, 6.07) is 9.23. The van der Waals surface area contributed by atoms with Crippen LogP contribution in [0.5, 0.6) is 0 Å². The fourth-order valence-electron chi connectivity index (χ4n) is 8.44. The molecule has 6 nitrogen and oxygen atoms in total. The number of carbonyl (C=O) groups is 2. The van der Waals surface area contributed by atoms with Crippen LogP contribution in [0.4, 0.5) is 4.39 Å². The first kappa shape index (κ1) is 31.5. The van der Waals surface area contributed by atoms with E-state index in [0.29, 0.717) is 44.3 Å². The molecule has 8 heteroatoms. The van der Waals surface area contributed by atoms with E-state index in [-0.39, 0.29) is 11.2 Å². The molecule has 45 heavy (non-hydrogen) atoms. The minimum Gasteiger partial charge on any atom is -0.416 e. The lowest BCUT2D eigenvalue weighted by Gasteiger charge is -2.42. The standard InChI is InChI=1S/C37H46FN3O3Si/c1-21(2)45(22(3)4,23(5)6)44-16-10-12-24-11-9-13-26-28(19-39-33(24)26)31-32(36(43)40-35(31)42)29-20-41-15-14-37(7,8)30-18-25(38)17-27(29)34(30)41/h9,11,13,17-23,39H,10,12,14-16H2,1-8H3,(H,40,42,43). The summed E-state index contributed by atoms with van der Waals surface area (Å²) in [5.74, 6) is -1.22. The number of aromatic amines is 1. The van der Waals surface area contributed by atoms with E-state index >= 15 is 4.39 Å². The van der Waals surface area contributed by atoms with Gasteiger partial charge >= 0.3 is 0 Å². The van der Waals surface area contributed by atoms with Gasteiger partial charge in [-0.05, 0) is 64.6 Å². The highest BCUT2D eigenvalue weighted by Crippen LogP contribution is 2.45. The molecule has 0 unspecified atom stereocenters. The Morgan fingerprint density at radius 2 is 1.62 bits per heavy atom. The van der Waals surface area contributed by atoms with Gasteiger partial charge in [0.2, 0.25) is 0 Å². The number of hydrogen-bond donors (Lipinski definition) is 2. The summed E-state index contributed by atoms with van der Waals surface area (Å²) < 4.78 is 23.9. The molecule has 2 aliphatic heterocycles. The Balaban J connectivity index is 1.37. The van der Waals surface area contributed by atoms with Crippen molar-refractivity contribution >= 4 is 53.1 Å². The van der Waals surface area contributed by atoms with Crippen molar-refractivity contribution < 1.29 is 18.4 Å². The van der Waals surface area contributed by atoms with E-state index < -0.39 is 20.1 Å². The van der Waals surface area contributed by atoms with Crippen LogP contribution in [0.3, 0.4) is 0 Å². The van der Waals surface area contributed by atoms with Crippen LogP contribution in [0, 0.1) is 5.82 Å². The highest BCUT2D eigenvalue weighted by molar-refractivity contribution is 6.77. The Morgan fingerprint density at radius 3 is 2.29 bits per heavy atom. The van der Waals surface area contributed by atoms with Gasteiger partial charge in [-0.25, -0.2) is 4.39 Å². The lowest BCUT2D eigenvalue weighted by molar-refractivity contribution is -0.122. The van der Waals surface area contributed by atoms with Crippen LogP contribution in [0.2, 0.25) is 16.6 Å². The van der Waals surface area contributed by atoms with Gasteiger partial charge in [-0.2, -0.15) is 0 Å². The summed E-state index contributed by atoms with van der Waals surface area (Å²) in [6.45, 7) is 19.6. The zero-order chi connectivity index (χ0) is 32.4. The molecule has 4 heterocycles. The molecule has 0 saturated heterocycles. The fraction of sp³-hybridized carbons (Fsp3) is 0.459. The van der Waals surface area contributed by atoms with Gasteiger partial charge in [0.25, 0.3) is 11.8 Å². The molecule has 2 N–H and O–H groups in total. The van der Waals surface area contributed by atoms with Crippen LogP contribution in [0.1, 0.15) is 90.5 Å². The molecule has 238 valence electrons. The molecule has 0 fully saturated rings. The molecule has 2 aliphatic rings. The highest BCUT2D eigenvalue weighted by atomic mass is 28.4. The second-order valence-electron chi connectivity index (χ2n) is 14.6. The topological polar surface area (TPSA) is 76.1 Å². The third kappa shape index (κ3) is 5.01. The summed E-state index contributed by atoms with van der Waals surface area (Å²) in [7, 11) is -1.93. The van der Waals surface area contributed by atoms with Crippen LogP contribution < -0.4 is 5.32 Å². The molecule has 0 spiro atoms. The van der Waals surface area contributed by atoms with E-state index in [0.717, 1.165) is 60.0 Å². The average molecular weight is 628 g/mol. The zero-order valence-electron chi connectivity index (χ0n) is 27.9. The maximum absolute atomic E-state index is 15.0. The summed E-state index contributed by atoms with van der Waals surface area (Å²) in [4.78, 5) is 30.3. The van der Waals surface area contributed by atoms with Crippen molar-refractivity contribution in [3.8, 4) is 0 Å². The number of hydrogen-bond acceptors (Lipinski definition) is 3. The van der Waals surface area contributed by atoms with E-state index in [1.165, 1.54) is 6.07 Å². The van der Waals surface area contributed by atoms with E-state index in [2.05, 4.69) is 76.3 Å². The summed E-state index contributed by atoms with van der Waals surface area (Å²) in [5.41, 5.74) is 7.30. The van der Waals surface area contributed by atoms with Crippen molar-refractivity contribution in [2.75, 3.05) is 6.61 Å². The van der Waals surface area contributed by atoms with Gasteiger partial charge in [0.1, 0.15) is 5.82 Å². The van der Waals surface area contributed by atoms with Gasteiger partial charge in [0.15, 0.2) is 8.32 Å². The lowest BCUT2D eigenvalue weighted by atomic mass is 9.78. The Labute approximate surface area is 266 Å². The van der Waals surface area contributed by atoms with Crippen LogP contribution >= 0.6 is 0 Å². The number of halogens is 1. The number of para-hydroxylation sites is 1. The Hall–Kier alpha value is -3.49. The monoisotopic (exact) mass is 627 g/mol. The number of fused-ring (bicyclic) bond motifs is 1. The number of rotatable bonds is 10. The molecular formula is C37H46FN3O3Si. The number of H-pyrrole nitrogens is 1. The summed E-state index contributed by atoms with van der Waals surface area (Å²) in [6.07, 6.45) is 6.34. The third-order valence-corrected chi connectivity index (χ3v) is 16.7. The SMILES string of the molecule is CC(C)[Si](OCCCc1cccc2c(C3=C(c4cn5c6c(cc(F)cc46)C(C)(C)CC5)C(=O)NC3=O)c[nH]c12)(C(C)C)C(C)C. The summed E-state index contributed by atoms with van der Waals surface area (Å²) >= 11 is 0. The number of benzene rings is 2. The molecule has 0 aliphatic carbocycles. The van der Waals surface area contributed by atoms with Crippen molar-refractivity contribution in [1.82, 2.24) is 14.9 Å². The molecule has 0 atom stereocenters. The first-order valence-corrected chi connectivity index (χ1v) is 18.6. The maximum Gasteiger partial charge on any atom is 0.259 e. The Bertz CT molecular complexity index is 1840. The maximum atomic E-state index is 15.0. The molecule has 4 aromatic rings. The van der Waals surface area contributed by atoms with Crippen LogP contribution in [0.25, 0.3) is 33.0 Å². The largest absolute Gasteiger partial charge is 0.416 e. The summed E-state index contributed by atoms with van der Waals surface area (Å²) in [5, 5.41) is 4.09. The number of amides is 2. The molecule has 0 saturated carbocycles. The molecule has 6 rings (SSSR count). The van der Waals surface area contributed by atoms with Gasteiger partial charge in [0, 0.05) is 53.0 Å². The van der Waals surface area contributed by atoms with Crippen molar-refractivity contribution in [2.24, 2.45) is 0 Å². The van der Waals surface area contributed by atoms with Crippen molar-refractivity contribution in [2.45, 2.75) is 103 Å². The fourth-order valence-corrected chi connectivity index (χ4v) is 13.9. The van der Waals surface area contributed by atoms with Gasteiger partial charge in [-0.1, -0.05) is 73.6 Å². The van der Waals surface area contributed by atoms with Crippen molar-refractivity contribution in [3.05, 3.63) is 70.8 Å². The first-order chi connectivity index (χ1) is 21.3. The molecular weight excluding hydrogens is 582 g/mol. The first-order valence-electron chi connectivity index (χ1n) is 16.4. The number of nitrogens with zero attached hydrogens (tertiary/aromatic N) is 1. The number of nitrogens with one attached hydrogen (secondary N) is 2. The van der Waals surface area contributed by atoms with E-state index in [1.807, 2.05) is 24.5 Å². The van der Waals surface area contributed by atoms with E-state index in [4.69, 9.17) is 4.43 Å². The second-order valence-corrected chi connectivity index (χ2v) is 20.0. The number of carbonyl (C=O) groups excluding carboxylic acids is 2. The Morgan fingerprint density at radius 1 is 0.956 bits per heavy atom. The molecule has 2 amide bonds. The number of aromatic nitrogens is 2.